The van der Waals surface area contributed by atoms with Crippen molar-refractivity contribution in [2.24, 2.45) is 5.73 Å². The quantitative estimate of drug-likeness (QED) is 0.757. The molecule has 2 amide bonds. The second kappa shape index (κ2) is 3.84. The van der Waals surface area contributed by atoms with E-state index < -0.39 is 5.91 Å². The second-order valence-corrected chi connectivity index (χ2v) is 3.79. The fourth-order valence-corrected chi connectivity index (χ4v) is 1.77. The van der Waals surface area contributed by atoms with E-state index in [0.29, 0.717) is 6.42 Å². The van der Waals surface area contributed by atoms with E-state index in [1.807, 2.05) is 18.2 Å². The van der Waals surface area contributed by atoms with Crippen LogP contribution in [0.1, 0.15) is 5.56 Å². The van der Waals surface area contributed by atoms with Crippen molar-refractivity contribution in [3.63, 3.8) is 0 Å². The van der Waals surface area contributed by atoms with E-state index in [4.69, 9.17) is 5.73 Å². The Morgan fingerprint density at radius 3 is 3.00 bits per heavy atom. The summed E-state index contributed by atoms with van der Waals surface area (Å²) < 4.78 is 0. The van der Waals surface area contributed by atoms with Crippen LogP contribution >= 0.6 is 0 Å². The molecule has 5 nitrogen and oxygen atoms in total. The summed E-state index contributed by atoms with van der Waals surface area (Å²) in [4.78, 5) is 23.7. The third-order valence-electron chi connectivity index (χ3n) is 2.62. The summed E-state index contributed by atoms with van der Waals surface area (Å²) in [5.74, 6) is -0.323. The Morgan fingerprint density at radius 1 is 1.56 bits per heavy atom. The number of amides is 2. The molecule has 1 aliphatic rings. The molecule has 0 bridgehead atoms. The fraction of sp³-hybridized carbons (Fsp3) is 0.273. The molecule has 1 aromatic carbocycles. The maximum Gasteiger partial charge on any atom is 0.236 e. The summed E-state index contributed by atoms with van der Waals surface area (Å²) in [5, 5.41) is 2.90. The number of nitrogens with one attached hydrogen (secondary N) is 1. The van der Waals surface area contributed by atoms with E-state index in [2.05, 4.69) is 5.32 Å². The second-order valence-electron chi connectivity index (χ2n) is 3.79. The molecule has 0 aliphatic carbocycles. The average Bonchev–Trinajstić information content (AvgIpc) is 2.52. The highest BCUT2D eigenvalue weighted by Gasteiger charge is 2.23. The number of hydrogen-bond acceptors (Lipinski definition) is 3. The molecule has 0 radical (unpaired) electrons. The van der Waals surface area contributed by atoms with E-state index in [1.165, 1.54) is 0 Å². The highest BCUT2D eigenvalue weighted by Crippen LogP contribution is 2.29. The molecule has 2 rings (SSSR count). The van der Waals surface area contributed by atoms with Crippen molar-refractivity contribution >= 4 is 23.2 Å². The van der Waals surface area contributed by atoms with Gasteiger partial charge in [0.25, 0.3) is 0 Å². The lowest BCUT2D eigenvalue weighted by molar-refractivity contribution is -0.117. The minimum absolute atomic E-state index is 0.0852. The zero-order valence-electron chi connectivity index (χ0n) is 8.99. The number of carbonyl (C=O) groups excluding carboxylic acids is 2. The molecule has 0 atom stereocenters. The van der Waals surface area contributed by atoms with Gasteiger partial charge >= 0.3 is 0 Å². The van der Waals surface area contributed by atoms with Crippen LogP contribution in [0.4, 0.5) is 11.4 Å². The smallest absolute Gasteiger partial charge is 0.236 e. The standard InChI is InChI=1S/C11H13N3O2/c1-14-9-3-2-8(13-6-10(12)15)4-7(9)5-11(14)16/h2-4,13H,5-6H2,1H3,(H2,12,15). The summed E-state index contributed by atoms with van der Waals surface area (Å²) in [6.45, 7) is 0.0998. The minimum Gasteiger partial charge on any atom is -0.376 e. The summed E-state index contributed by atoms with van der Waals surface area (Å²) in [6, 6.07) is 5.57. The van der Waals surface area contributed by atoms with Crippen LogP contribution in [-0.2, 0) is 16.0 Å². The zero-order valence-corrected chi connectivity index (χ0v) is 8.99. The highest BCUT2D eigenvalue weighted by atomic mass is 16.2. The fourth-order valence-electron chi connectivity index (χ4n) is 1.77. The first-order chi connectivity index (χ1) is 7.58. The molecule has 3 N–H and O–H groups in total. The van der Waals surface area contributed by atoms with Crippen molar-refractivity contribution in [1.29, 1.82) is 0 Å². The lowest BCUT2D eigenvalue weighted by Crippen LogP contribution is -2.21. The molecule has 1 aromatic rings. The van der Waals surface area contributed by atoms with Crippen LogP contribution in [0, 0.1) is 0 Å². The van der Waals surface area contributed by atoms with Crippen LogP contribution in [0.25, 0.3) is 0 Å². The van der Waals surface area contributed by atoms with Gasteiger partial charge in [-0.1, -0.05) is 0 Å². The Hall–Kier alpha value is -2.04. The van der Waals surface area contributed by atoms with Crippen LogP contribution in [0.5, 0.6) is 0 Å². The first kappa shape index (κ1) is 10.5. The number of primary amides is 1. The maximum absolute atomic E-state index is 11.4. The van der Waals surface area contributed by atoms with Crippen molar-refractivity contribution in [2.45, 2.75) is 6.42 Å². The number of carbonyl (C=O) groups is 2. The van der Waals surface area contributed by atoms with Gasteiger partial charge in [-0.2, -0.15) is 0 Å². The van der Waals surface area contributed by atoms with Gasteiger partial charge in [0.2, 0.25) is 11.8 Å². The van der Waals surface area contributed by atoms with Gasteiger partial charge in [0, 0.05) is 18.4 Å². The van der Waals surface area contributed by atoms with E-state index >= 15 is 0 Å². The van der Waals surface area contributed by atoms with Gasteiger partial charge in [-0.3, -0.25) is 9.59 Å². The SMILES string of the molecule is CN1C(=O)Cc2cc(NCC(N)=O)ccc21. The lowest BCUT2D eigenvalue weighted by Gasteiger charge is -2.10. The first-order valence-electron chi connectivity index (χ1n) is 4.99. The van der Waals surface area contributed by atoms with E-state index in [9.17, 15) is 9.59 Å². The number of benzene rings is 1. The Labute approximate surface area is 93.2 Å². The van der Waals surface area contributed by atoms with Gasteiger partial charge < -0.3 is 16.0 Å². The lowest BCUT2D eigenvalue weighted by atomic mass is 10.1. The molecule has 0 aromatic heterocycles. The molecule has 0 fully saturated rings. The number of hydrogen-bond donors (Lipinski definition) is 2. The van der Waals surface area contributed by atoms with Crippen molar-refractivity contribution in [3.05, 3.63) is 23.8 Å². The van der Waals surface area contributed by atoms with Crippen LogP contribution in [0.3, 0.4) is 0 Å². The summed E-state index contributed by atoms with van der Waals surface area (Å²) in [6.07, 6.45) is 0.415. The largest absolute Gasteiger partial charge is 0.376 e. The highest BCUT2D eigenvalue weighted by molar-refractivity contribution is 6.01. The molecule has 5 heteroatoms. The van der Waals surface area contributed by atoms with Crippen LogP contribution in [0.15, 0.2) is 18.2 Å². The van der Waals surface area contributed by atoms with Gasteiger partial charge in [-0.05, 0) is 23.8 Å². The van der Waals surface area contributed by atoms with Gasteiger partial charge in [0.1, 0.15) is 0 Å². The monoisotopic (exact) mass is 219 g/mol. The normalized spacial score (nSPS) is 13.8. The molecule has 0 saturated heterocycles. The maximum atomic E-state index is 11.4. The summed E-state index contributed by atoms with van der Waals surface area (Å²) in [7, 11) is 1.75. The zero-order chi connectivity index (χ0) is 11.7. The van der Waals surface area contributed by atoms with Crippen LogP contribution < -0.4 is 16.0 Å². The number of rotatable bonds is 3. The predicted octanol–water partition coefficient (Wildman–Crippen LogP) is 0.103. The average molecular weight is 219 g/mol. The molecule has 0 saturated carbocycles. The van der Waals surface area contributed by atoms with Crippen molar-refractivity contribution in [3.8, 4) is 0 Å². The van der Waals surface area contributed by atoms with Crippen molar-refractivity contribution < 1.29 is 9.59 Å². The van der Waals surface area contributed by atoms with Crippen LogP contribution in [-0.4, -0.2) is 25.4 Å². The molecule has 1 aliphatic heterocycles. The minimum atomic E-state index is -0.409. The van der Waals surface area contributed by atoms with Gasteiger partial charge in [-0.25, -0.2) is 0 Å². The third kappa shape index (κ3) is 1.84. The Bertz CT molecular complexity index is 457. The number of anilines is 2. The molecule has 1 heterocycles. The molecule has 84 valence electrons. The number of fused-ring (bicyclic) bond motifs is 1. The van der Waals surface area contributed by atoms with Gasteiger partial charge in [-0.15, -0.1) is 0 Å². The van der Waals surface area contributed by atoms with E-state index in [1.54, 1.807) is 11.9 Å². The van der Waals surface area contributed by atoms with Crippen LogP contribution in [0.2, 0.25) is 0 Å². The number of nitrogens with two attached hydrogens (primary N) is 1. The van der Waals surface area contributed by atoms with Gasteiger partial charge in [0.05, 0.1) is 13.0 Å². The predicted molar refractivity (Wildman–Crippen MR) is 61.2 cm³/mol. The Morgan fingerprint density at radius 2 is 2.31 bits per heavy atom. The molecule has 0 unspecified atom stereocenters. The Kier molecular flexibility index (Phi) is 2.52. The molecular formula is C11H13N3O2. The molecule has 0 spiro atoms. The van der Waals surface area contributed by atoms with E-state index in [0.717, 1.165) is 16.9 Å². The topological polar surface area (TPSA) is 75.4 Å². The molecular weight excluding hydrogens is 206 g/mol. The van der Waals surface area contributed by atoms with Gasteiger partial charge in [0.15, 0.2) is 0 Å². The summed E-state index contributed by atoms with van der Waals surface area (Å²) >= 11 is 0. The van der Waals surface area contributed by atoms with Crippen molar-refractivity contribution in [2.75, 3.05) is 23.8 Å². The summed E-state index contributed by atoms with van der Waals surface area (Å²) in [5.41, 5.74) is 7.74. The number of nitrogens with zero attached hydrogens (tertiary/aromatic N) is 1. The van der Waals surface area contributed by atoms with Crippen molar-refractivity contribution in [1.82, 2.24) is 0 Å². The third-order valence-corrected chi connectivity index (χ3v) is 2.62. The molecule has 16 heavy (non-hydrogen) atoms. The van der Waals surface area contributed by atoms with E-state index in [-0.39, 0.29) is 12.5 Å². The Balaban J connectivity index is 2.18. The number of likely N-dealkylation sites (N-methyl/N-ethyl adjacent to an activating group) is 1. The first-order valence-corrected chi connectivity index (χ1v) is 4.99.